The Morgan fingerprint density at radius 3 is 2.35 bits per heavy atom. The minimum atomic E-state index is -0.776. The van der Waals surface area contributed by atoms with E-state index in [1.54, 1.807) is 61.3 Å². The van der Waals surface area contributed by atoms with Crippen LogP contribution in [0.2, 0.25) is 5.02 Å². The van der Waals surface area contributed by atoms with Crippen molar-refractivity contribution in [3.63, 3.8) is 0 Å². The molecule has 0 saturated carbocycles. The third kappa shape index (κ3) is 6.03. The van der Waals surface area contributed by atoms with Crippen molar-refractivity contribution in [2.24, 2.45) is 0 Å². The number of methoxy groups -OCH3 is 2. The lowest BCUT2D eigenvalue weighted by atomic mass is 9.93. The number of nitrogens with zero attached hydrogens (tertiary/aromatic N) is 3. The standard InChI is InChI=1S/C29H35ClN4O6/c1-6-40-28(36)25-24(32(3)29(37)31-26(25)19-13-20(38-4)15-21(14-19)39-5)17-33-11-12-34(18(2)16-33)27(35)22-9-7-8-10-23(22)30/h7-10,13-15,18,26H,6,11-12,16-17H2,1-5H3,(H,31,37). The first-order valence-corrected chi connectivity index (χ1v) is 13.5. The molecule has 214 valence electrons. The summed E-state index contributed by atoms with van der Waals surface area (Å²) in [5.74, 6) is 0.419. The molecule has 0 aliphatic carbocycles. The van der Waals surface area contributed by atoms with Gasteiger partial charge in [-0.1, -0.05) is 23.7 Å². The molecule has 0 spiro atoms. The Labute approximate surface area is 239 Å². The topological polar surface area (TPSA) is 101 Å². The highest BCUT2D eigenvalue weighted by atomic mass is 35.5. The monoisotopic (exact) mass is 570 g/mol. The molecule has 1 N–H and O–H groups in total. The van der Waals surface area contributed by atoms with Crippen LogP contribution in [0.15, 0.2) is 53.7 Å². The van der Waals surface area contributed by atoms with Gasteiger partial charge in [-0.25, -0.2) is 9.59 Å². The summed E-state index contributed by atoms with van der Waals surface area (Å²) in [6.07, 6.45) is 0. The predicted molar refractivity (Wildman–Crippen MR) is 151 cm³/mol. The fraction of sp³-hybridized carbons (Fsp3) is 0.414. The second kappa shape index (κ2) is 12.6. The van der Waals surface area contributed by atoms with Crippen molar-refractivity contribution in [1.82, 2.24) is 20.0 Å². The van der Waals surface area contributed by atoms with Crippen LogP contribution in [0, 0.1) is 0 Å². The van der Waals surface area contributed by atoms with Crippen LogP contribution in [0.4, 0.5) is 4.79 Å². The van der Waals surface area contributed by atoms with Crippen LogP contribution in [-0.4, -0.2) is 92.7 Å². The highest BCUT2D eigenvalue weighted by Gasteiger charge is 2.39. The fourth-order valence-electron chi connectivity index (χ4n) is 5.12. The molecule has 2 aliphatic rings. The lowest BCUT2D eigenvalue weighted by molar-refractivity contribution is -0.139. The van der Waals surface area contributed by atoms with E-state index in [1.165, 1.54) is 19.1 Å². The number of rotatable bonds is 8. The van der Waals surface area contributed by atoms with Gasteiger partial charge in [0, 0.05) is 51.0 Å². The van der Waals surface area contributed by atoms with Crippen LogP contribution in [0.5, 0.6) is 11.5 Å². The van der Waals surface area contributed by atoms with Gasteiger partial charge in [0.25, 0.3) is 5.91 Å². The van der Waals surface area contributed by atoms with E-state index in [1.807, 2.05) is 6.92 Å². The molecular formula is C29H35ClN4O6. The summed E-state index contributed by atoms with van der Waals surface area (Å²) in [4.78, 5) is 45.1. The molecule has 40 heavy (non-hydrogen) atoms. The van der Waals surface area contributed by atoms with E-state index >= 15 is 0 Å². The van der Waals surface area contributed by atoms with E-state index in [-0.39, 0.29) is 24.6 Å². The number of nitrogens with one attached hydrogen (secondary N) is 1. The van der Waals surface area contributed by atoms with E-state index in [0.717, 1.165) is 0 Å². The minimum Gasteiger partial charge on any atom is -0.497 e. The second-order valence-corrected chi connectivity index (χ2v) is 10.1. The molecule has 1 fully saturated rings. The molecule has 4 rings (SSSR count). The van der Waals surface area contributed by atoms with Gasteiger partial charge in [-0.05, 0) is 43.7 Å². The molecule has 0 radical (unpaired) electrons. The number of esters is 1. The zero-order valence-corrected chi connectivity index (χ0v) is 24.2. The molecule has 2 unspecified atom stereocenters. The fourth-order valence-corrected chi connectivity index (χ4v) is 5.34. The SMILES string of the molecule is CCOC(=O)C1=C(CN2CCN(C(=O)c3ccccc3Cl)C(C)C2)N(C)C(=O)NC1c1cc(OC)cc(OC)c1. The van der Waals surface area contributed by atoms with Gasteiger partial charge < -0.3 is 24.4 Å². The average molecular weight is 571 g/mol. The maximum Gasteiger partial charge on any atom is 0.338 e. The quantitative estimate of drug-likeness (QED) is 0.483. The Hall–Kier alpha value is -3.76. The summed E-state index contributed by atoms with van der Waals surface area (Å²) < 4.78 is 16.3. The molecule has 2 aromatic rings. The Balaban J connectivity index is 1.65. The largest absolute Gasteiger partial charge is 0.497 e. The Morgan fingerprint density at radius 2 is 1.75 bits per heavy atom. The molecule has 0 aromatic heterocycles. The Morgan fingerprint density at radius 1 is 1.07 bits per heavy atom. The number of hydrogen-bond donors (Lipinski definition) is 1. The van der Waals surface area contributed by atoms with Crippen molar-refractivity contribution >= 4 is 29.5 Å². The van der Waals surface area contributed by atoms with Crippen LogP contribution in [0.1, 0.15) is 35.8 Å². The first kappa shape index (κ1) is 29.2. The molecule has 2 atom stereocenters. The molecule has 3 amide bonds. The number of ether oxygens (including phenoxy) is 3. The molecular weight excluding hydrogens is 536 g/mol. The van der Waals surface area contributed by atoms with Crippen LogP contribution in [-0.2, 0) is 9.53 Å². The summed E-state index contributed by atoms with van der Waals surface area (Å²) in [6, 6.07) is 11.0. The van der Waals surface area contributed by atoms with E-state index in [4.69, 9.17) is 25.8 Å². The second-order valence-electron chi connectivity index (χ2n) is 9.73. The number of likely N-dealkylation sites (N-methyl/N-ethyl adjacent to an activating group) is 1. The van der Waals surface area contributed by atoms with Crippen LogP contribution < -0.4 is 14.8 Å². The van der Waals surface area contributed by atoms with E-state index in [2.05, 4.69) is 10.2 Å². The molecule has 2 aromatic carbocycles. The Bertz CT molecular complexity index is 1290. The van der Waals surface area contributed by atoms with Gasteiger partial charge in [-0.15, -0.1) is 0 Å². The van der Waals surface area contributed by atoms with Crippen LogP contribution >= 0.6 is 11.6 Å². The number of amides is 3. The lowest BCUT2D eigenvalue weighted by Crippen LogP contribution is -2.56. The molecule has 10 nitrogen and oxygen atoms in total. The number of carbonyl (C=O) groups is 3. The zero-order chi connectivity index (χ0) is 29.0. The average Bonchev–Trinajstić information content (AvgIpc) is 2.95. The molecule has 1 saturated heterocycles. The van der Waals surface area contributed by atoms with E-state index in [0.29, 0.717) is 65.1 Å². The van der Waals surface area contributed by atoms with Gasteiger partial charge in [0.2, 0.25) is 0 Å². The van der Waals surface area contributed by atoms with Gasteiger partial charge in [-0.3, -0.25) is 14.6 Å². The van der Waals surface area contributed by atoms with Gasteiger partial charge >= 0.3 is 12.0 Å². The van der Waals surface area contributed by atoms with Gasteiger partial charge in [-0.2, -0.15) is 0 Å². The summed E-state index contributed by atoms with van der Waals surface area (Å²) in [7, 11) is 4.71. The summed E-state index contributed by atoms with van der Waals surface area (Å²) >= 11 is 6.28. The van der Waals surface area contributed by atoms with Crippen molar-refractivity contribution < 1.29 is 28.6 Å². The number of benzene rings is 2. The predicted octanol–water partition coefficient (Wildman–Crippen LogP) is 3.72. The molecule has 0 bridgehead atoms. The maximum absolute atomic E-state index is 13.4. The van der Waals surface area contributed by atoms with Crippen molar-refractivity contribution in [2.45, 2.75) is 25.9 Å². The number of carbonyl (C=O) groups excluding carboxylic acids is 3. The van der Waals surface area contributed by atoms with E-state index in [9.17, 15) is 14.4 Å². The normalized spacial score (nSPS) is 19.8. The van der Waals surface area contributed by atoms with E-state index < -0.39 is 12.0 Å². The summed E-state index contributed by atoms with van der Waals surface area (Å²) in [5, 5.41) is 3.35. The zero-order valence-electron chi connectivity index (χ0n) is 23.4. The van der Waals surface area contributed by atoms with Crippen LogP contribution in [0.25, 0.3) is 0 Å². The summed E-state index contributed by atoms with van der Waals surface area (Å²) in [5.41, 5.74) is 1.97. The van der Waals surface area contributed by atoms with Crippen molar-refractivity contribution in [3.05, 3.63) is 69.9 Å². The highest BCUT2D eigenvalue weighted by molar-refractivity contribution is 6.33. The molecule has 2 heterocycles. The third-order valence-corrected chi connectivity index (χ3v) is 7.56. The number of urea groups is 1. The van der Waals surface area contributed by atoms with Gasteiger partial charge in [0.05, 0.1) is 43.0 Å². The van der Waals surface area contributed by atoms with Crippen molar-refractivity contribution in [1.29, 1.82) is 0 Å². The van der Waals surface area contributed by atoms with Crippen molar-refractivity contribution in [2.75, 3.05) is 54.1 Å². The number of halogens is 1. The lowest BCUT2D eigenvalue weighted by Gasteiger charge is -2.42. The number of piperazine rings is 1. The first-order valence-electron chi connectivity index (χ1n) is 13.1. The third-order valence-electron chi connectivity index (χ3n) is 7.23. The van der Waals surface area contributed by atoms with Crippen molar-refractivity contribution in [3.8, 4) is 11.5 Å². The van der Waals surface area contributed by atoms with Gasteiger partial charge in [0.1, 0.15) is 11.5 Å². The highest BCUT2D eigenvalue weighted by Crippen LogP contribution is 2.35. The molecule has 2 aliphatic heterocycles. The van der Waals surface area contributed by atoms with Crippen LogP contribution in [0.3, 0.4) is 0 Å². The molecule has 11 heteroatoms. The number of hydrogen-bond acceptors (Lipinski definition) is 7. The smallest absolute Gasteiger partial charge is 0.338 e. The Kier molecular flexibility index (Phi) is 9.21. The van der Waals surface area contributed by atoms with Gasteiger partial charge in [0.15, 0.2) is 0 Å². The minimum absolute atomic E-state index is 0.120. The maximum atomic E-state index is 13.4. The summed E-state index contributed by atoms with van der Waals surface area (Å²) in [6.45, 7) is 5.78. The first-order chi connectivity index (χ1) is 19.2.